The highest BCUT2D eigenvalue weighted by atomic mass is 19.1. The quantitative estimate of drug-likeness (QED) is 0.690. The Balaban J connectivity index is 1.80. The highest BCUT2D eigenvalue weighted by Gasteiger charge is 2.29. The van der Waals surface area contributed by atoms with E-state index in [1.54, 1.807) is 17.0 Å². The Morgan fingerprint density at radius 1 is 1.21 bits per heavy atom. The fourth-order valence-corrected chi connectivity index (χ4v) is 3.58. The lowest BCUT2D eigenvalue weighted by Crippen LogP contribution is -2.44. The second-order valence-corrected chi connectivity index (χ2v) is 8.18. The van der Waals surface area contributed by atoms with E-state index >= 15 is 0 Å². The van der Waals surface area contributed by atoms with E-state index in [-0.39, 0.29) is 11.7 Å². The van der Waals surface area contributed by atoms with E-state index in [1.165, 1.54) is 25.0 Å². The minimum Gasteiger partial charge on any atom is -0.354 e. The van der Waals surface area contributed by atoms with Crippen molar-refractivity contribution in [2.45, 2.75) is 58.7 Å². The van der Waals surface area contributed by atoms with Crippen molar-refractivity contribution in [2.24, 2.45) is 11.7 Å². The Morgan fingerprint density at radius 3 is 2.41 bits per heavy atom. The molecule has 0 aliphatic heterocycles. The van der Waals surface area contributed by atoms with Crippen LogP contribution >= 0.6 is 0 Å². The van der Waals surface area contributed by atoms with Gasteiger partial charge in [0, 0.05) is 24.5 Å². The number of hydrogen-bond donors (Lipinski definition) is 1. The number of halogens is 1. The Hall–Kier alpha value is -2.47. The molecule has 2 N–H and O–H groups in total. The van der Waals surface area contributed by atoms with Crippen LogP contribution in [0, 0.1) is 11.7 Å². The maximum atomic E-state index is 13.4. The molecular weight excluding hydrogens is 367 g/mol. The van der Waals surface area contributed by atoms with E-state index in [2.05, 4.69) is 16.8 Å². The van der Waals surface area contributed by atoms with Gasteiger partial charge in [-0.15, -0.1) is 0 Å². The van der Waals surface area contributed by atoms with Gasteiger partial charge >= 0.3 is 0 Å². The van der Waals surface area contributed by atoms with E-state index in [1.807, 2.05) is 32.2 Å². The molecule has 156 valence electrons. The molecule has 0 saturated heterocycles. The van der Waals surface area contributed by atoms with Crippen LogP contribution < -0.4 is 15.5 Å². The highest BCUT2D eigenvalue weighted by molar-refractivity contribution is 5.97. The lowest BCUT2D eigenvalue weighted by molar-refractivity contribution is -0.120. The van der Waals surface area contributed by atoms with Gasteiger partial charge in [0.1, 0.15) is 11.6 Å². The van der Waals surface area contributed by atoms with Crippen molar-refractivity contribution >= 4 is 17.4 Å². The molecule has 1 aliphatic carbocycles. The van der Waals surface area contributed by atoms with E-state index in [9.17, 15) is 9.18 Å². The first-order valence-corrected chi connectivity index (χ1v) is 10.4. The first-order chi connectivity index (χ1) is 13.9. The van der Waals surface area contributed by atoms with Crippen molar-refractivity contribution in [1.82, 2.24) is 4.98 Å². The molecule has 0 bridgehead atoms. The van der Waals surface area contributed by atoms with Crippen molar-refractivity contribution in [1.29, 1.82) is 0 Å². The van der Waals surface area contributed by atoms with E-state index in [0.29, 0.717) is 30.6 Å². The van der Waals surface area contributed by atoms with E-state index < -0.39 is 6.04 Å². The summed E-state index contributed by atoms with van der Waals surface area (Å²) in [5, 5.41) is 0. The van der Waals surface area contributed by atoms with Crippen LogP contribution in [0.1, 0.15) is 45.6 Å². The van der Waals surface area contributed by atoms with Crippen LogP contribution in [0.15, 0.2) is 42.6 Å². The predicted molar refractivity (Wildman–Crippen MR) is 115 cm³/mol. The van der Waals surface area contributed by atoms with Crippen molar-refractivity contribution in [3.8, 4) is 0 Å². The normalized spacial score (nSPS) is 14.7. The molecule has 0 radical (unpaired) electrons. The van der Waals surface area contributed by atoms with Gasteiger partial charge < -0.3 is 15.5 Å². The van der Waals surface area contributed by atoms with Gasteiger partial charge in [0.2, 0.25) is 5.91 Å². The summed E-state index contributed by atoms with van der Waals surface area (Å²) in [6, 6.07) is 9.97. The standard InChI is InChI=1S/C23H31FN4O/c1-4-27(19-10-11-19)22-12-5-17(14-26-22)15-28(20-8-6-18(24)7-9-20)23(29)21(25)13-16(2)3/h5-9,12,14,16,19,21H,4,10-11,13,15,25H2,1-3H3. The summed E-state index contributed by atoms with van der Waals surface area (Å²) in [7, 11) is 0. The Kier molecular flexibility index (Phi) is 6.85. The average Bonchev–Trinajstić information content (AvgIpc) is 3.53. The van der Waals surface area contributed by atoms with E-state index in [0.717, 1.165) is 17.9 Å². The SMILES string of the molecule is CCN(c1ccc(CN(C(=O)C(N)CC(C)C)c2ccc(F)cc2)cn1)C1CC1. The lowest BCUT2D eigenvalue weighted by atomic mass is 10.0. The van der Waals surface area contributed by atoms with Gasteiger partial charge in [-0.3, -0.25) is 4.79 Å². The topological polar surface area (TPSA) is 62.5 Å². The number of carbonyl (C=O) groups is 1. The van der Waals surface area contributed by atoms with Crippen molar-refractivity contribution in [3.63, 3.8) is 0 Å². The Labute approximate surface area is 172 Å². The molecule has 5 nitrogen and oxygen atoms in total. The first-order valence-electron chi connectivity index (χ1n) is 10.4. The molecule has 1 fully saturated rings. The van der Waals surface area contributed by atoms with Crippen LogP contribution in [0.5, 0.6) is 0 Å². The monoisotopic (exact) mass is 398 g/mol. The maximum Gasteiger partial charge on any atom is 0.244 e. The molecule has 2 aromatic rings. The molecule has 6 heteroatoms. The molecule has 1 aliphatic rings. The fourth-order valence-electron chi connectivity index (χ4n) is 3.58. The van der Waals surface area contributed by atoms with Crippen LogP contribution in [0.25, 0.3) is 0 Å². The average molecular weight is 399 g/mol. The largest absolute Gasteiger partial charge is 0.354 e. The summed E-state index contributed by atoms with van der Waals surface area (Å²) in [5.74, 6) is 0.781. The number of aromatic nitrogens is 1. The van der Waals surface area contributed by atoms with Crippen molar-refractivity contribution in [3.05, 3.63) is 54.0 Å². The lowest BCUT2D eigenvalue weighted by Gasteiger charge is -2.27. The molecule has 1 amide bonds. The molecule has 1 heterocycles. The minimum atomic E-state index is -0.599. The minimum absolute atomic E-state index is 0.164. The summed E-state index contributed by atoms with van der Waals surface area (Å²) < 4.78 is 13.4. The van der Waals surface area contributed by atoms with Crippen LogP contribution in [-0.2, 0) is 11.3 Å². The molecule has 3 rings (SSSR count). The second-order valence-electron chi connectivity index (χ2n) is 8.18. The molecule has 1 aromatic carbocycles. The maximum absolute atomic E-state index is 13.4. The van der Waals surface area contributed by atoms with Gasteiger partial charge in [-0.1, -0.05) is 19.9 Å². The summed E-state index contributed by atoms with van der Waals surface area (Å²) in [4.78, 5) is 21.6. The van der Waals surface area contributed by atoms with Gasteiger partial charge in [0.25, 0.3) is 0 Å². The third-order valence-electron chi connectivity index (χ3n) is 5.22. The molecule has 0 spiro atoms. The zero-order chi connectivity index (χ0) is 21.0. The summed E-state index contributed by atoms with van der Waals surface area (Å²) in [6.45, 7) is 7.49. The number of anilines is 2. The smallest absolute Gasteiger partial charge is 0.244 e. The Bertz CT molecular complexity index is 803. The predicted octanol–water partition coefficient (Wildman–Crippen LogP) is 4.12. The molecule has 1 aromatic heterocycles. The molecule has 1 atom stereocenters. The second kappa shape index (κ2) is 9.35. The number of pyridine rings is 1. The zero-order valence-corrected chi connectivity index (χ0v) is 17.5. The number of amides is 1. The zero-order valence-electron chi connectivity index (χ0n) is 17.5. The third kappa shape index (κ3) is 5.54. The van der Waals surface area contributed by atoms with Gasteiger partial charge in [-0.05, 0) is 68.0 Å². The van der Waals surface area contributed by atoms with Crippen LogP contribution in [0.2, 0.25) is 0 Å². The fraction of sp³-hybridized carbons (Fsp3) is 0.478. The number of rotatable bonds is 9. The molecule has 1 unspecified atom stereocenters. The number of carbonyl (C=O) groups excluding carboxylic acids is 1. The number of benzene rings is 1. The molecule has 1 saturated carbocycles. The van der Waals surface area contributed by atoms with Crippen LogP contribution in [0.3, 0.4) is 0 Å². The number of nitrogens with two attached hydrogens (primary N) is 1. The molecular formula is C23H31FN4O. The Morgan fingerprint density at radius 2 is 1.90 bits per heavy atom. The summed E-state index contributed by atoms with van der Waals surface area (Å²) >= 11 is 0. The van der Waals surface area contributed by atoms with Crippen molar-refractivity contribution < 1.29 is 9.18 Å². The van der Waals surface area contributed by atoms with Gasteiger partial charge in [0.05, 0.1) is 12.6 Å². The summed E-state index contributed by atoms with van der Waals surface area (Å²) in [5.41, 5.74) is 7.72. The van der Waals surface area contributed by atoms with Crippen LogP contribution in [0.4, 0.5) is 15.9 Å². The van der Waals surface area contributed by atoms with Crippen molar-refractivity contribution in [2.75, 3.05) is 16.3 Å². The molecule has 29 heavy (non-hydrogen) atoms. The van der Waals surface area contributed by atoms with Gasteiger partial charge in [0.15, 0.2) is 0 Å². The first kappa shape index (κ1) is 21.2. The third-order valence-corrected chi connectivity index (χ3v) is 5.22. The van der Waals surface area contributed by atoms with Gasteiger partial charge in [-0.2, -0.15) is 0 Å². The van der Waals surface area contributed by atoms with E-state index in [4.69, 9.17) is 5.73 Å². The highest BCUT2D eigenvalue weighted by Crippen LogP contribution is 2.30. The van der Waals surface area contributed by atoms with Crippen LogP contribution in [-0.4, -0.2) is 29.5 Å². The number of hydrogen-bond acceptors (Lipinski definition) is 4. The summed E-state index contributed by atoms with van der Waals surface area (Å²) in [6.07, 6.45) is 4.86. The van der Waals surface area contributed by atoms with Gasteiger partial charge in [-0.25, -0.2) is 9.37 Å². The number of nitrogens with zero attached hydrogens (tertiary/aromatic N) is 3.